The van der Waals surface area contributed by atoms with Gasteiger partial charge in [-0.3, -0.25) is 19.0 Å². The molecule has 1 aromatic carbocycles. The number of thiophene rings is 1. The molecule has 0 bridgehead atoms. The lowest BCUT2D eigenvalue weighted by atomic mass is 10.0. The van der Waals surface area contributed by atoms with E-state index in [0.29, 0.717) is 31.9 Å². The number of amides is 2. The summed E-state index contributed by atoms with van der Waals surface area (Å²) in [6.07, 6.45) is 1.59. The molecule has 0 aliphatic heterocycles. The maximum atomic E-state index is 12.3. The first-order chi connectivity index (χ1) is 14.9. The molecular formula is C20H15ClN6O3S. The highest BCUT2D eigenvalue weighted by molar-refractivity contribution is 7.17. The number of aromatic nitrogens is 4. The number of hydrogen-bond donors (Lipinski definition) is 3. The number of nitrogens with zero attached hydrogens (tertiary/aromatic N) is 3. The number of aromatic amines is 1. The van der Waals surface area contributed by atoms with Gasteiger partial charge in [0.15, 0.2) is 0 Å². The van der Waals surface area contributed by atoms with E-state index in [0.717, 1.165) is 11.3 Å². The molecular weight excluding hydrogens is 440 g/mol. The van der Waals surface area contributed by atoms with Crippen LogP contribution in [0.2, 0.25) is 4.34 Å². The quantitative estimate of drug-likeness (QED) is 0.411. The van der Waals surface area contributed by atoms with Crippen LogP contribution in [0.25, 0.3) is 16.9 Å². The van der Waals surface area contributed by atoms with E-state index in [2.05, 4.69) is 20.7 Å². The molecule has 0 aliphatic rings. The number of primary amides is 1. The topological polar surface area (TPSA) is 136 Å². The molecule has 3 aromatic heterocycles. The van der Waals surface area contributed by atoms with E-state index in [4.69, 9.17) is 17.3 Å². The van der Waals surface area contributed by atoms with Crippen LogP contribution in [0.1, 0.15) is 25.7 Å². The number of H-pyrrole nitrogens is 1. The van der Waals surface area contributed by atoms with Gasteiger partial charge in [-0.2, -0.15) is 15.4 Å². The van der Waals surface area contributed by atoms with Crippen LogP contribution in [0.4, 0.5) is 0 Å². The predicted molar refractivity (Wildman–Crippen MR) is 116 cm³/mol. The molecule has 4 aromatic rings. The minimum absolute atomic E-state index is 0.0677. The van der Waals surface area contributed by atoms with Gasteiger partial charge in [-0.25, -0.2) is 0 Å². The zero-order valence-corrected chi connectivity index (χ0v) is 17.4. The zero-order chi connectivity index (χ0) is 22.0. The summed E-state index contributed by atoms with van der Waals surface area (Å²) in [5.41, 5.74) is 7.21. The van der Waals surface area contributed by atoms with Crippen LogP contribution < -0.4 is 16.6 Å². The van der Waals surface area contributed by atoms with Crippen LogP contribution in [-0.2, 0) is 6.54 Å². The third-order valence-corrected chi connectivity index (χ3v) is 5.69. The van der Waals surface area contributed by atoms with E-state index < -0.39 is 5.91 Å². The molecule has 11 heteroatoms. The summed E-state index contributed by atoms with van der Waals surface area (Å²) in [7, 11) is 0. The van der Waals surface area contributed by atoms with Crippen molar-refractivity contribution < 1.29 is 9.59 Å². The summed E-state index contributed by atoms with van der Waals surface area (Å²) in [5, 5.41) is 13.5. The first kappa shape index (κ1) is 20.5. The number of hydrogen-bond acceptors (Lipinski definition) is 6. The standard InChI is InChI=1S/C20H15ClN6O3S/c21-16-7-6-15(31-16)20(30)23-10-14-18(25-26-24-14)12-5-4-11(9-13(12)19(22)29)27-8-2-1-3-17(27)28/h1-9H,10H2,(H2,22,29)(H,23,30)(H,24,25,26). The summed E-state index contributed by atoms with van der Waals surface area (Å²) in [6, 6.07) is 12.8. The van der Waals surface area contributed by atoms with E-state index in [-0.39, 0.29) is 23.6 Å². The van der Waals surface area contributed by atoms with Gasteiger partial charge in [0.2, 0.25) is 5.91 Å². The van der Waals surface area contributed by atoms with Gasteiger partial charge in [-0.15, -0.1) is 11.3 Å². The summed E-state index contributed by atoms with van der Waals surface area (Å²) < 4.78 is 1.91. The van der Waals surface area contributed by atoms with Gasteiger partial charge in [0.1, 0.15) is 11.4 Å². The molecule has 0 aliphatic carbocycles. The van der Waals surface area contributed by atoms with E-state index >= 15 is 0 Å². The van der Waals surface area contributed by atoms with Crippen molar-refractivity contribution in [1.29, 1.82) is 0 Å². The number of carbonyl (C=O) groups excluding carboxylic acids is 2. The number of nitrogens with two attached hydrogens (primary N) is 1. The van der Waals surface area contributed by atoms with E-state index in [1.807, 2.05) is 0 Å². The molecule has 0 spiro atoms. The molecule has 31 heavy (non-hydrogen) atoms. The van der Waals surface area contributed by atoms with Crippen molar-refractivity contribution in [3.63, 3.8) is 0 Å². The molecule has 0 unspecified atom stereocenters. The number of halogens is 1. The first-order valence-corrected chi connectivity index (χ1v) is 10.2. The van der Waals surface area contributed by atoms with E-state index in [1.54, 1.807) is 42.6 Å². The number of benzene rings is 1. The van der Waals surface area contributed by atoms with Crippen molar-refractivity contribution >= 4 is 34.8 Å². The molecule has 0 radical (unpaired) electrons. The predicted octanol–water partition coefficient (Wildman–Crippen LogP) is 2.37. The summed E-state index contributed by atoms with van der Waals surface area (Å²) in [5.74, 6) is -0.994. The van der Waals surface area contributed by atoms with Crippen LogP contribution in [-0.4, -0.2) is 31.8 Å². The summed E-state index contributed by atoms with van der Waals surface area (Å²) in [6.45, 7) is 0.0677. The highest BCUT2D eigenvalue weighted by Gasteiger charge is 2.19. The summed E-state index contributed by atoms with van der Waals surface area (Å²) >= 11 is 7.03. The highest BCUT2D eigenvalue weighted by Crippen LogP contribution is 2.26. The third kappa shape index (κ3) is 4.25. The third-order valence-electron chi connectivity index (χ3n) is 4.46. The lowest BCUT2D eigenvalue weighted by Gasteiger charge is -2.11. The lowest BCUT2D eigenvalue weighted by Crippen LogP contribution is -2.22. The fourth-order valence-corrected chi connectivity index (χ4v) is 3.97. The molecule has 9 nitrogen and oxygen atoms in total. The van der Waals surface area contributed by atoms with Crippen molar-refractivity contribution in [3.05, 3.63) is 85.6 Å². The second-order valence-electron chi connectivity index (χ2n) is 6.41. The van der Waals surface area contributed by atoms with Crippen LogP contribution in [0.15, 0.2) is 59.5 Å². The lowest BCUT2D eigenvalue weighted by molar-refractivity contribution is 0.0953. The van der Waals surface area contributed by atoms with Gasteiger partial charge in [0, 0.05) is 23.5 Å². The Labute approximate surface area is 184 Å². The van der Waals surface area contributed by atoms with Gasteiger partial charge in [0.05, 0.1) is 21.3 Å². The van der Waals surface area contributed by atoms with Crippen molar-refractivity contribution in [2.75, 3.05) is 0 Å². The molecule has 0 fully saturated rings. The first-order valence-electron chi connectivity index (χ1n) is 8.99. The molecule has 4 N–H and O–H groups in total. The number of nitrogens with one attached hydrogen (secondary N) is 2. The zero-order valence-electron chi connectivity index (χ0n) is 15.8. The van der Waals surface area contributed by atoms with E-state index in [9.17, 15) is 14.4 Å². The van der Waals surface area contributed by atoms with Crippen LogP contribution >= 0.6 is 22.9 Å². The Hall–Kier alpha value is -3.76. The minimum Gasteiger partial charge on any atom is -0.366 e. The van der Waals surface area contributed by atoms with Gasteiger partial charge in [-0.1, -0.05) is 17.7 Å². The average molecular weight is 455 g/mol. The molecule has 2 amide bonds. The fourth-order valence-electron chi connectivity index (χ4n) is 3.01. The normalized spacial score (nSPS) is 10.7. The largest absolute Gasteiger partial charge is 0.366 e. The van der Waals surface area contributed by atoms with Gasteiger partial charge >= 0.3 is 0 Å². The molecule has 4 rings (SSSR count). The Bertz CT molecular complexity index is 1340. The molecule has 0 saturated carbocycles. The Morgan fingerprint density at radius 2 is 2.00 bits per heavy atom. The molecule has 3 heterocycles. The van der Waals surface area contributed by atoms with Crippen LogP contribution in [0.5, 0.6) is 0 Å². The van der Waals surface area contributed by atoms with Crippen molar-refractivity contribution in [2.24, 2.45) is 5.73 Å². The Kier molecular flexibility index (Phi) is 5.65. The van der Waals surface area contributed by atoms with Crippen molar-refractivity contribution in [3.8, 4) is 16.9 Å². The maximum Gasteiger partial charge on any atom is 0.261 e. The van der Waals surface area contributed by atoms with Crippen molar-refractivity contribution in [1.82, 2.24) is 25.3 Å². The van der Waals surface area contributed by atoms with Crippen LogP contribution in [0.3, 0.4) is 0 Å². The Balaban J connectivity index is 1.65. The Morgan fingerprint density at radius 3 is 2.71 bits per heavy atom. The fraction of sp³-hybridized carbons (Fsp3) is 0.0500. The molecule has 0 atom stereocenters. The van der Waals surface area contributed by atoms with Crippen molar-refractivity contribution in [2.45, 2.75) is 6.54 Å². The number of rotatable bonds is 6. The Morgan fingerprint density at radius 1 is 1.16 bits per heavy atom. The smallest absolute Gasteiger partial charge is 0.261 e. The SMILES string of the molecule is NC(=O)c1cc(-n2ccccc2=O)ccc1-c1n[nH]nc1CNC(=O)c1ccc(Cl)s1. The van der Waals surface area contributed by atoms with Gasteiger partial charge in [-0.05, 0) is 36.4 Å². The molecule has 0 saturated heterocycles. The van der Waals surface area contributed by atoms with Gasteiger partial charge < -0.3 is 11.1 Å². The average Bonchev–Trinajstić information content (AvgIpc) is 3.41. The molecule has 156 valence electrons. The number of carbonyl (C=O) groups is 2. The summed E-state index contributed by atoms with van der Waals surface area (Å²) in [4.78, 5) is 37.0. The highest BCUT2D eigenvalue weighted by atomic mass is 35.5. The van der Waals surface area contributed by atoms with Crippen LogP contribution in [0, 0.1) is 0 Å². The van der Waals surface area contributed by atoms with E-state index in [1.165, 1.54) is 16.7 Å². The maximum absolute atomic E-state index is 12.3. The second kappa shape index (κ2) is 8.54. The number of pyridine rings is 1. The minimum atomic E-state index is -0.688. The second-order valence-corrected chi connectivity index (χ2v) is 8.12. The monoisotopic (exact) mass is 454 g/mol. The van der Waals surface area contributed by atoms with Gasteiger partial charge in [0.25, 0.3) is 11.5 Å².